The van der Waals surface area contributed by atoms with Gasteiger partial charge in [0.15, 0.2) is 0 Å². The number of anilines is 1. The number of aromatic nitrogens is 2. The highest BCUT2D eigenvalue weighted by molar-refractivity contribution is 7.99. The molecule has 0 atom stereocenters. The van der Waals surface area contributed by atoms with Crippen LogP contribution in [0.4, 0.5) is 5.13 Å². The summed E-state index contributed by atoms with van der Waals surface area (Å²) in [5.41, 5.74) is 1.26. The summed E-state index contributed by atoms with van der Waals surface area (Å²) in [6.45, 7) is 4.06. The fraction of sp³-hybridized carbons (Fsp3) is 0.429. The van der Waals surface area contributed by atoms with Crippen LogP contribution in [0.3, 0.4) is 0 Å². The van der Waals surface area contributed by atoms with Gasteiger partial charge in [-0.15, -0.1) is 10.2 Å². The second-order valence-corrected chi connectivity index (χ2v) is 7.02. The minimum atomic E-state index is 0.801. The molecule has 0 radical (unpaired) electrons. The summed E-state index contributed by atoms with van der Waals surface area (Å²) in [5, 5.41) is 13.9. The molecule has 2 aromatic rings. The Labute approximate surface area is 127 Å². The van der Waals surface area contributed by atoms with Crippen LogP contribution in [0.1, 0.15) is 10.6 Å². The summed E-state index contributed by atoms with van der Waals surface area (Å²) >= 11 is 3.70. The smallest absolute Gasteiger partial charge is 0.205 e. The standard InChI is InChI=1S/C14H18N4S2/c1-2-4-12(5-3-1)10-15-14-17-16-13(20-14)11-18-6-8-19-9-7-18/h1-5H,6-11H2,(H,15,17). The van der Waals surface area contributed by atoms with E-state index < -0.39 is 0 Å². The maximum atomic E-state index is 4.28. The van der Waals surface area contributed by atoms with E-state index in [1.54, 1.807) is 11.3 Å². The van der Waals surface area contributed by atoms with Gasteiger partial charge in [0.25, 0.3) is 0 Å². The first-order valence-electron chi connectivity index (χ1n) is 6.80. The highest BCUT2D eigenvalue weighted by Crippen LogP contribution is 2.19. The number of hydrogen-bond donors (Lipinski definition) is 1. The third kappa shape index (κ3) is 3.94. The maximum Gasteiger partial charge on any atom is 0.205 e. The predicted molar refractivity (Wildman–Crippen MR) is 86.3 cm³/mol. The molecule has 0 bridgehead atoms. The van der Waals surface area contributed by atoms with Crippen LogP contribution in [0.15, 0.2) is 30.3 Å². The third-order valence-corrected chi connectivity index (χ3v) is 5.02. The van der Waals surface area contributed by atoms with Crippen LogP contribution >= 0.6 is 23.1 Å². The van der Waals surface area contributed by atoms with Gasteiger partial charge in [0, 0.05) is 31.1 Å². The Morgan fingerprint density at radius 3 is 2.70 bits per heavy atom. The molecule has 0 unspecified atom stereocenters. The van der Waals surface area contributed by atoms with Crippen molar-refractivity contribution in [2.45, 2.75) is 13.1 Å². The predicted octanol–water partition coefficient (Wildman–Crippen LogP) is 2.70. The van der Waals surface area contributed by atoms with Crippen molar-refractivity contribution in [3.63, 3.8) is 0 Å². The molecule has 0 saturated carbocycles. The molecule has 0 aliphatic carbocycles. The molecule has 2 heterocycles. The summed E-state index contributed by atoms with van der Waals surface area (Å²) in [6, 6.07) is 10.4. The van der Waals surface area contributed by atoms with Crippen LogP contribution in [0.25, 0.3) is 0 Å². The molecule has 0 amide bonds. The van der Waals surface area contributed by atoms with Gasteiger partial charge in [0.1, 0.15) is 5.01 Å². The van der Waals surface area contributed by atoms with Crippen molar-refractivity contribution in [1.82, 2.24) is 15.1 Å². The normalized spacial score (nSPS) is 16.2. The molecule has 1 aromatic carbocycles. The zero-order chi connectivity index (χ0) is 13.6. The van der Waals surface area contributed by atoms with Crippen LogP contribution in [0.5, 0.6) is 0 Å². The second-order valence-electron chi connectivity index (χ2n) is 4.73. The van der Waals surface area contributed by atoms with Gasteiger partial charge in [-0.25, -0.2) is 0 Å². The van der Waals surface area contributed by atoms with Crippen molar-refractivity contribution < 1.29 is 0 Å². The second kappa shape index (κ2) is 7.06. The molecule has 1 fully saturated rings. The Balaban J connectivity index is 1.51. The molecule has 1 saturated heterocycles. The topological polar surface area (TPSA) is 41.1 Å². The van der Waals surface area contributed by atoms with Gasteiger partial charge in [0.05, 0.1) is 6.54 Å². The average molecular weight is 306 g/mol. The van der Waals surface area contributed by atoms with Gasteiger partial charge in [-0.2, -0.15) is 11.8 Å². The first-order chi connectivity index (χ1) is 9.90. The van der Waals surface area contributed by atoms with E-state index in [2.05, 4.69) is 44.7 Å². The van der Waals surface area contributed by atoms with E-state index in [1.807, 2.05) is 17.8 Å². The van der Waals surface area contributed by atoms with Crippen molar-refractivity contribution in [2.24, 2.45) is 0 Å². The van der Waals surface area contributed by atoms with Crippen LogP contribution in [-0.4, -0.2) is 39.7 Å². The molecular weight excluding hydrogens is 288 g/mol. The number of benzene rings is 1. The van der Waals surface area contributed by atoms with E-state index in [0.29, 0.717) is 0 Å². The van der Waals surface area contributed by atoms with Crippen molar-refractivity contribution in [3.8, 4) is 0 Å². The van der Waals surface area contributed by atoms with Crippen LogP contribution in [-0.2, 0) is 13.1 Å². The van der Waals surface area contributed by atoms with Gasteiger partial charge < -0.3 is 5.32 Å². The molecule has 1 aromatic heterocycles. The van der Waals surface area contributed by atoms with Gasteiger partial charge in [-0.3, -0.25) is 4.90 Å². The minimum absolute atomic E-state index is 0.801. The quantitative estimate of drug-likeness (QED) is 0.920. The van der Waals surface area contributed by atoms with E-state index in [0.717, 1.165) is 36.3 Å². The molecule has 1 aliphatic rings. The molecule has 4 nitrogen and oxygen atoms in total. The van der Waals surface area contributed by atoms with Crippen molar-refractivity contribution in [1.29, 1.82) is 0 Å². The molecule has 1 aliphatic heterocycles. The maximum absolute atomic E-state index is 4.28. The van der Waals surface area contributed by atoms with E-state index in [4.69, 9.17) is 0 Å². The molecule has 106 valence electrons. The third-order valence-electron chi connectivity index (χ3n) is 3.22. The summed E-state index contributed by atoms with van der Waals surface area (Å²) in [5.74, 6) is 2.47. The van der Waals surface area contributed by atoms with Crippen LogP contribution in [0, 0.1) is 0 Å². The van der Waals surface area contributed by atoms with Crippen molar-refractivity contribution in [2.75, 3.05) is 29.9 Å². The molecule has 6 heteroatoms. The fourth-order valence-corrected chi connectivity index (χ4v) is 3.87. The Morgan fingerprint density at radius 2 is 1.90 bits per heavy atom. The number of rotatable bonds is 5. The molecule has 3 rings (SSSR count). The Kier molecular flexibility index (Phi) is 4.89. The minimum Gasteiger partial charge on any atom is -0.356 e. The molecule has 0 spiro atoms. The zero-order valence-corrected chi connectivity index (χ0v) is 12.9. The van der Waals surface area contributed by atoms with E-state index >= 15 is 0 Å². The summed E-state index contributed by atoms with van der Waals surface area (Å²) < 4.78 is 0. The summed E-state index contributed by atoms with van der Waals surface area (Å²) in [7, 11) is 0. The monoisotopic (exact) mass is 306 g/mol. The number of hydrogen-bond acceptors (Lipinski definition) is 6. The van der Waals surface area contributed by atoms with E-state index in [-0.39, 0.29) is 0 Å². The largest absolute Gasteiger partial charge is 0.356 e. The van der Waals surface area contributed by atoms with E-state index in [1.165, 1.54) is 17.1 Å². The lowest BCUT2D eigenvalue weighted by Crippen LogP contribution is -2.31. The van der Waals surface area contributed by atoms with Crippen LogP contribution < -0.4 is 5.32 Å². The van der Waals surface area contributed by atoms with E-state index in [9.17, 15) is 0 Å². The lowest BCUT2D eigenvalue weighted by molar-refractivity contribution is 0.293. The summed E-state index contributed by atoms with van der Waals surface area (Å²) in [4.78, 5) is 2.46. The van der Waals surface area contributed by atoms with Crippen molar-refractivity contribution in [3.05, 3.63) is 40.9 Å². The average Bonchev–Trinajstić information content (AvgIpc) is 2.95. The first kappa shape index (κ1) is 13.9. The lowest BCUT2D eigenvalue weighted by Gasteiger charge is -2.24. The molecule has 1 N–H and O–H groups in total. The Bertz CT molecular complexity index is 523. The van der Waals surface area contributed by atoms with Crippen molar-refractivity contribution >= 4 is 28.2 Å². The van der Waals surface area contributed by atoms with Gasteiger partial charge in [-0.1, -0.05) is 41.7 Å². The first-order valence-corrected chi connectivity index (χ1v) is 8.77. The SMILES string of the molecule is c1ccc(CNc2nnc(CN3CCSCC3)s2)cc1. The Morgan fingerprint density at radius 1 is 1.10 bits per heavy atom. The fourth-order valence-electron chi connectivity index (χ4n) is 2.11. The molecule has 20 heavy (non-hydrogen) atoms. The number of nitrogens with zero attached hydrogens (tertiary/aromatic N) is 3. The lowest BCUT2D eigenvalue weighted by atomic mass is 10.2. The summed E-state index contributed by atoms with van der Waals surface area (Å²) in [6.07, 6.45) is 0. The van der Waals surface area contributed by atoms with Gasteiger partial charge in [0.2, 0.25) is 5.13 Å². The highest BCUT2D eigenvalue weighted by Gasteiger charge is 2.13. The zero-order valence-electron chi connectivity index (χ0n) is 11.3. The number of thioether (sulfide) groups is 1. The molecular formula is C14H18N4S2. The van der Waals surface area contributed by atoms with Gasteiger partial charge >= 0.3 is 0 Å². The Hall–Kier alpha value is -1.11. The van der Waals surface area contributed by atoms with Crippen LogP contribution in [0.2, 0.25) is 0 Å². The van der Waals surface area contributed by atoms with Gasteiger partial charge in [-0.05, 0) is 5.56 Å². The highest BCUT2D eigenvalue weighted by atomic mass is 32.2. The number of nitrogens with one attached hydrogen (secondary N) is 1.